The second kappa shape index (κ2) is 15.5. The summed E-state index contributed by atoms with van der Waals surface area (Å²) in [6.07, 6.45) is 5.02. The van der Waals surface area contributed by atoms with Gasteiger partial charge in [0.15, 0.2) is 5.96 Å². The minimum absolute atomic E-state index is 0. The monoisotopic (exact) mass is 481 g/mol. The van der Waals surface area contributed by atoms with Gasteiger partial charge in [0.25, 0.3) is 0 Å². The van der Waals surface area contributed by atoms with Gasteiger partial charge < -0.3 is 15.5 Å². The average molecular weight is 481 g/mol. The lowest BCUT2D eigenvalue weighted by Gasteiger charge is -2.25. The predicted octanol–water partition coefficient (Wildman–Crippen LogP) is 2.68. The molecular weight excluding hydrogens is 441 g/mol. The summed E-state index contributed by atoms with van der Waals surface area (Å²) in [5.41, 5.74) is 0. The fourth-order valence-corrected chi connectivity index (χ4v) is 3.17. The van der Waals surface area contributed by atoms with E-state index >= 15 is 0 Å². The summed E-state index contributed by atoms with van der Waals surface area (Å²) in [5, 5.41) is 6.71. The number of amides is 1. The molecule has 6 nitrogen and oxygen atoms in total. The molecule has 26 heavy (non-hydrogen) atoms. The molecule has 154 valence electrons. The number of hydrogen-bond donors (Lipinski definition) is 2. The highest BCUT2D eigenvalue weighted by molar-refractivity contribution is 14.0. The Hall–Kier alpha value is -0.570. The molecule has 1 aliphatic rings. The highest BCUT2D eigenvalue weighted by Gasteiger charge is 2.15. The maximum Gasteiger partial charge on any atom is 0.222 e. The first-order valence-electron chi connectivity index (χ1n) is 10.1. The molecule has 0 unspecified atom stereocenters. The van der Waals surface area contributed by atoms with Gasteiger partial charge in [-0.2, -0.15) is 0 Å². The topological polar surface area (TPSA) is 60.0 Å². The first-order valence-corrected chi connectivity index (χ1v) is 10.1. The zero-order chi connectivity index (χ0) is 18.5. The average Bonchev–Trinajstić information content (AvgIpc) is 2.79. The minimum Gasteiger partial charge on any atom is -0.357 e. The van der Waals surface area contributed by atoms with E-state index in [1.54, 1.807) is 0 Å². The third-order valence-electron chi connectivity index (χ3n) is 4.70. The summed E-state index contributed by atoms with van der Waals surface area (Å²) in [6, 6.07) is 0.567. The van der Waals surface area contributed by atoms with Crippen LogP contribution in [0, 0.1) is 0 Å². The first-order chi connectivity index (χ1) is 12.1. The van der Waals surface area contributed by atoms with Crippen molar-refractivity contribution < 1.29 is 4.79 Å². The van der Waals surface area contributed by atoms with Crippen LogP contribution in [0.1, 0.15) is 59.8 Å². The molecule has 1 fully saturated rings. The third kappa shape index (κ3) is 10.5. The van der Waals surface area contributed by atoms with Crippen molar-refractivity contribution in [2.75, 3.05) is 45.8 Å². The van der Waals surface area contributed by atoms with E-state index in [9.17, 15) is 4.79 Å². The van der Waals surface area contributed by atoms with Gasteiger partial charge in [-0.25, -0.2) is 0 Å². The van der Waals surface area contributed by atoms with Gasteiger partial charge in [-0.1, -0.05) is 13.3 Å². The van der Waals surface area contributed by atoms with E-state index in [0.29, 0.717) is 11.9 Å². The minimum atomic E-state index is 0. The van der Waals surface area contributed by atoms with Crippen LogP contribution in [0.3, 0.4) is 0 Å². The van der Waals surface area contributed by atoms with Crippen LogP contribution in [0.15, 0.2) is 4.99 Å². The molecule has 1 heterocycles. The number of carbonyl (C=O) groups is 1. The molecule has 1 amide bonds. The molecule has 0 radical (unpaired) electrons. The number of aliphatic imine (C=N–C) groups is 1. The van der Waals surface area contributed by atoms with E-state index in [2.05, 4.69) is 48.2 Å². The summed E-state index contributed by atoms with van der Waals surface area (Å²) in [7, 11) is 0. The number of guanidine groups is 1. The van der Waals surface area contributed by atoms with Gasteiger partial charge >= 0.3 is 0 Å². The zero-order valence-electron chi connectivity index (χ0n) is 17.2. The van der Waals surface area contributed by atoms with Gasteiger partial charge in [-0.3, -0.25) is 14.7 Å². The lowest BCUT2D eigenvalue weighted by molar-refractivity contribution is -0.130. The van der Waals surface area contributed by atoms with Gasteiger partial charge in [0.05, 0.1) is 0 Å². The van der Waals surface area contributed by atoms with E-state index in [4.69, 9.17) is 0 Å². The maximum atomic E-state index is 12.0. The fraction of sp³-hybridized carbons (Fsp3) is 0.895. The van der Waals surface area contributed by atoms with Crippen molar-refractivity contribution in [3.8, 4) is 0 Å². The van der Waals surface area contributed by atoms with Gasteiger partial charge in [-0.05, 0) is 46.6 Å². The predicted molar refractivity (Wildman–Crippen MR) is 121 cm³/mol. The Bertz CT molecular complexity index is 403. The van der Waals surface area contributed by atoms with Gasteiger partial charge in [-0.15, -0.1) is 24.0 Å². The van der Waals surface area contributed by atoms with Crippen LogP contribution in [0.5, 0.6) is 0 Å². The molecule has 0 saturated carbocycles. The first kappa shape index (κ1) is 25.4. The Kier molecular flexibility index (Phi) is 15.1. The van der Waals surface area contributed by atoms with Gasteiger partial charge in [0.1, 0.15) is 0 Å². The van der Waals surface area contributed by atoms with Crippen LogP contribution >= 0.6 is 24.0 Å². The van der Waals surface area contributed by atoms with Crippen LogP contribution in [0.25, 0.3) is 0 Å². The lowest BCUT2D eigenvalue weighted by atomic mass is 10.2. The van der Waals surface area contributed by atoms with Crippen LogP contribution in [0.4, 0.5) is 0 Å². The number of nitrogens with one attached hydrogen (secondary N) is 2. The molecule has 2 N–H and O–H groups in total. The highest BCUT2D eigenvalue weighted by atomic mass is 127. The SMILES string of the molecule is CCNC(=NCCCN1CCCCCC1=O)NCCN(CC)C(C)C.I. The van der Waals surface area contributed by atoms with Crippen LogP contribution < -0.4 is 10.6 Å². The second-order valence-electron chi connectivity index (χ2n) is 6.95. The lowest BCUT2D eigenvalue weighted by Crippen LogP contribution is -2.43. The molecule has 0 aromatic heterocycles. The summed E-state index contributed by atoms with van der Waals surface area (Å²) < 4.78 is 0. The summed E-state index contributed by atoms with van der Waals surface area (Å²) in [5.74, 6) is 1.20. The van der Waals surface area contributed by atoms with E-state index in [1.165, 1.54) is 6.42 Å². The van der Waals surface area contributed by atoms with Gasteiger partial charge in [0.2, 0.25) is 5.91 Å². The fourth-order valence-electron chi connectivity index (χ4n) is 3.17. The van der Waals surface area contributed by atoms with E-state index in [1.807, 2.05) is 4.90 Å². The molecule has 0 aliphatic carbocycles. The van der Waals surface area contributed by atoms with E-state index in [-0.39, 0.29) is 24.0 Å². The van der Waals surface area contributed by atoms with Crippen molar-refractivity contribution >= 4 is 35.8 Å². The Morgan fingerprint density at radius 3 is 2.65 bits per heavy atom. The summed E-state index contributed by atoms with van der Waals surface area (Å²) in [6.45, 7) is 15.1. The number of rotatable bonds is 10. The molecule has 1 saturated heterocycles. The van der Waals surface area contributed by atoms with Crippen molar-refractivity contribution in [1.82, 2.24) is 20.4 Å². The normalized spacial score (nSPS) is 15.8. The molecule has 1 rings (SSSR count). The molecule has 7 heteroatoms. The van der Waals surface area contributed by atoms with E-state index < -0.39 is 0 Å². The standard InChI is InChI=1S/C19H39N5O.HI/c1-5-20-19(22-13-16-23(6-2)17(3)4)21-12-10-15-24-14-9-7-8-11-18(24)25;/h17H,5-16H2,1-4H3,(H2,20,21,22);1H. The van der Waals surface area contributed by atoms with Gasteiger partial charge in [0, 0.05) is 51.7 Å². The van der Waals surface area contributed by atoms with Crippen molar-refractivity contribution in [1.29, 1.82) is 0 Å². The number of carbonyl (C=O) groups excluding carboxylic acids is 1. The molecule has 0 aromatic carbocycles. The highest BCUT2D eigenvalue weighted by Crippen LogP contribution is 2.11. The number of likely N-dealkylation sites (N-methyl/N-ethyl adjacent to an activating group) is 1. The molecule has 1 aliphatic heterocycles. The smallest absolute Gasteiger partial charge is 0.222 e. The number of halogens is 1. The molecular formula is C19H40IN5O. The van der Waals surface area contributed by atoms with Crippen molar-refractivity contribution in [3.63, 3.8) is 0 Å². The molecule has 0 spiro atoms. The maximum absolute atomic E-state index is 12.0. The Morgan fingerprint density at radius 2 is 2.00 bits per heavy atom. The molecule has 0 atom stereocenters. The van der Waals surface area contributed by atoms with Crippen molar-refractivity contribution in [2.45, 2.75) is 65.8 Å². The van der Waals surface area contributed by atoms with E-state index in [0.717, 1.165) is 77.5 Å². The zero-order valence-corrected chi connectivity index (χ0v) is 19.6. The second-order valence-corrected chi connectivity index (χ2v) is 6.95. The summed E-state index contributed by atoms with van der Waals surface area (Å²) >= 11 is 0. The largest absolute Gasteiger partial charge is 0.357 e. The molecule has 0 aromatic rings. The number of likely N-dealkylation sites (tertiary alicyclic amines) is 1. The number of nitrogens with zero attached hydrogens (tertiary/aromatic N) is 3. The summed E-state index contributed by atoms with van der Waals surface area (Å²) in [4.78, 5) is 21.1. The number of hydrogen-bond acceptors (Lipinski definition) is 3. The van der Waals surface area contributed by atoms with Crippen LogP contribution in [-0.2, 0) is 4.79 Å². The molecule has 0 bridgehead atoms. The van der Waals surface area contributed by atoms with Crippen molar-refractivity contribution in [3.05, 3.63) is 0 Å². The van der Waals surface area contributed by atoms with Crippen LogP contribution in [0.2, 0.25) is 0 Å². The Labute approximate surface area is 177 Å². The van der Waals surface area contributed by atoms with Crippen LogP contribution in [-0.4, -0.2) is 73.5 Å². The Morgan fingerprint density at radius 1 is 1.23 bits per heavy atom. The third-order valence-corrected chi connectivity index (χ3v) is 4.70. The quantitative estimate of drug-likeness (QED) is 0.218. The van der Waals surface area contributed by atoms with Crippen molar-refractivity contribution in [2.24, 2.45) is 4.99 Å². The Balaban J connectivity index is 0.00000625.